The van der Waals surface area contributed by atoms with Gasteiger partial charge in [0.1, 0.15) is 0 Å². The Labute approximate surface area is 180 Å². The molecule has 0 saturated carbocycles. The summed E-state index contributed by atoms with van der Waals surface area (Å²) >= 11 is 0. The Morgan fingerprint density at radius 2 is 1.74 bits per heavy atom. The smallest absolute Gasteiger partial charge is 0.308 e. The zero-order chi connectivity index (χ0) is 22.2. The van der Waals surface area contributed by atoms with Crippen molar-refractivity contribution < 1.29 is 14.3 Å². The number of aryl methyl sites for hydroxylation is 1. The van der Waals surface area contributed by atoms with Crippen LogP contribution < -0.4 is 16.4 Å². The molecular formula is C22H24N6O3. The van der Waals surface area contributed by atoms with Gasteiger partial charge in [-0.1, -0.05) is 48.0 Å². The number of hydrogen-bond acceptors (Lipinski definition) is 8. The predicted octanol–water partition coefficient (Wildman–Crippen LogP) is 2.82. The van der Waals surface area contributed by atoms with Gasteiger partial charge in [-0.05, 0) is 24.6 Å². The maximum Gasteiger partial charge on any atom is 0.308 e. The molecule has 0 fully saturated rings. The number of anilines is 3. The van der Waals surface area contributed by atoms with E-state index in [0.29, 0.717) is 0 Å². The molecule has 31 heavy (non-hydrogen) atoms. The van der Waals surface area contributed by atoms with Crippen molar-refractivity contribution in [3.8, 4) is 0 Å². The summed E-state index contributed by atoms with van der Waals surface area (Å²) in [5, 5.41) is 5.81. The lowest BCUT2D eigenvalue weighted by Crippen LogP contribution is -2.28. The number of esters is 1. The molecule has 0 radical (unpaired) electrons. The van der Waals surface area contributed by atoms with Gasteiger partial charge < -0.3 is 21.1 Å². The summed E-state index contributed by atoms with van der Waals surface area (Å²) in [6.45, 7) is 3.22. The molecule has 9 heteroatoms. The van der Waals surface area contributed by atoms with Crippen LogP contribution in [0.2, 0.25) is 0 Å². The number of nitrogens with zero attached hydrogens (tertiary/aromatic N) is 3. The molecule has 1 heterocycles. The quantitative estimate of drug-likeness (QED) is 0.474. The molecular weight excluding hydrogens is 396 g/mol. The molecule has 0 saturated heterocycles. The first kappa shape index (κ1) is 21.7. The number of nitrogens with two attached hydrogens (primary N) is 1. The molecule has 2 aromatic carbocycles. The van der Waals surface area contributed by atoms with Crippen LogP contribution in [0.5, 0.6) is 0 Å². The zero-order valence-electron chi connectivity index (χ0n) is 17.3. The highest BCUT2D eigenvalue weighted by molar-refractivity contribution is 5.76. The molecule has 1 amide bonds. The Morgan fingerprint density at radius 3 is 2.42 bits per heavy atom. The molecule has 1 atom stereocenters. The van der Waals surface area contributed by atoms with E-state index in [4.69, 9.17) is 10.5 Å². The minimum absolute atomic E-state index is 0.0102. The van der Waals surface area contributed by atoms with Crippen molar-refractivity contribution in [2.45, 2.75) is 32.9 Å². The van der Waals surface area contributed by atoms with E-state index in [-0.39, 0.29) is 36.7 Å². The fourth-order valence-electron chi connectivity index (χ4n) is 2.88. The Balaban J connectivity index is 1.63. The number of rotatable bonds is 8. The second kappa shape index (κ2) is 10.1. The lowest BCUT2D eigenvalue weighted by Gasteiger charge is -2.17. The number of carbonyl (C=O) groups is 2. The summed E-state index contributed by atoms with van der Waals surface area (Å²) in [6, 6.07) is 16.4. The Kier molecular flexibility index (Phi) is 7.10. The van der Waals surface area contributed by atoms with Gasteiger partial charge in [0, 0.05) is 12.6 Å². The maximum atomic E-state index is 12.4. The highest BCUT2D eigenvalue weighted by Gasteiger charge is 2.18. The Morgan fingerprint density at radius 1 is 1.03 bits per heavy atom. The van der Waals surface area contributed by atoms with E-state index >= 15 is 0 Å². The molecule has 0 bridgehead atoms. The number of nitrogen functional groups attached to an aromatic ring is 1. The topological polar surface area (TPSA) is 132 Å². The Hall–Kier alpha value is -4.01. The van der Waals surface area contributed by atoms with Crippen molar-refractivity contribution in [1.29, 1.82) is 0 Å². The number of amides is 1. The largest absolute Gasteiger partial charge is 0.457 e. The zero-order valence-corrected chi connectivity index (χ0v) is 17.3. The Bertz CT molecular complexity index is 1040. The third kappa shape index (κ3) is 6.77. The normalized spacial score (nSPS) is 11.4. The van der Waals surface area contributed by atoms with E-state index in [2.05, 4.69) is 25.6 Å². The van der Waals surface area contributed by atoms with Crippen LogP contribution >= 0.6 is 0 Å². The van der Waals surface area contributed by atoms with Crippen molar-refractivity contribution in [3.05, 3.63) is 71.5 Å². The monoisotopic (exact) mass is 420 g/mol. The van der Waals surface area contributed by atoms with Gasteiger partial charge in [-0.3, -0.25) is 9.59 Å². The SMILES string of the molecule is CC(=O)NC(CC(=O)OCc1nc(N)nc(Nc2ccc(C)cc2)n1)c1ccccc1. The van der Waals surface area contributed by atoms with Gasteiger partial charge in [0.05, 0.1) is 12.5 Å². The molecule has 4 N–H and O–H groups in total. The molecule has 1 unspecified atom stereocenters. The van der Waals surface area contributed by atoms with Gasteiger partial charge >= 0.3 is 5.97 Å². The second-order valence-corrected chi connectivity index (χ2v) is 6.95. The maximum absolute atomic E-state index is 12.4. The summed E-state index contributed by atoms with van der Waals surface area (Å²) < 4.78 is 5.31. The van der Waals surface area contributed by atoms with Crippen LogP contribution in [0.25, 0.3) is 0 Å². The van der Waals surface area contributed by atoms with Crippen molar-refractivity contribution in [3.63, 3.8) is 0 Å². The van der Waals surface area contributed by atoms with E-state index in [0.717, 1.165) is 16.8 Å². The van der Waals surface area contributed by atoms with Gasteiger partial charge in [-0.25, -0.2) is 0 Å². The minimum Gasteiger partial charge on any atom is -0.457 e. The number of benzene rings is 2. The first-order chi connectivity index (χ1) is 14.9. The van der Waals surface area contributed by atoms with Crippen LogP contribution in [-0.4, -0.2) is 26.8 Å². The predicted molar refractivity (Wildman–Crippen MR) is 116 cm³/mol. The highest BCUT2D eigenvalue weighted by Crippen LogP contribution is 2.18. The van der Waals surface area contributed by atoms with Crippen LogP contribution in [0.15, 0.2) is 54.6 Å². The minimum atomic E-state index is -0.505. The van der Waals surface area contributed by atoms with Crippen molar-refractivity contribution in [2.75, 3.05) is 11.1 Å². The average molecular weight is 420 g/mol. The van der Waals surface area contributed by atoms with Crippen LogP contribution in [-0.2, 0) is 20.9 Å². The van der Waals surface area contributed by atoms with Gasteiger partial charge in [-0.15, -0.1) is 0 Å². The number of carbonyl (C=O) groups excluding carboxylic acids is 2. The molecule has 3 rings (SSSR count). The van der Waals surface area contributed by atoms with Crippen molar-refractivity contribution in [2.24, 2.45) is 0 Å². The molecule has 3 aromatic rings. The average Bonchev–Trinajstić information content (AvgIpc) is 2.73. The molecule has 1 aromatic heterocycles. The lowest BCUT2D eigenvalue weighted by atomic mass is 10.0. The summed E-state index contributed by atoms with van der Waals surface area (Å²) in [5.74, 6) is -0.265. The standard InChI is InChI=1S/C22H24N6O3/c1-14-8-10-17(11-9-14)25-22-27-19(26-21(23)28-22)13-31-20(30)12-18(24-15(2)29)16-6-4-3-5-7-16/h3-11,18H,12-13H2,1-2H3,(H,24,29)(H3,23,25,26,27,28). The summed E-state index contributed by atoms with van der Waals surface area (Å²) in [6.07, 6.45) is -0.0291. The number of ether oxygens (including phenoxy) is 1. The molecule has 9 nitrogen and oxygen atoms in total. The van der Waals surface area contributed by atoms with Crippen LogP contribution in [0.3, 0.4) is 0 Å². The number of hydrogen-bond donors (Lipinski definition) is 3. The molecule has 0 spiro atoms. The van der Waals surface area contributed by atoms with E-state index < -0.39 is 12.0 Å². The third-order valence-corrected chi connectivity index (χ3v) is 4.32. The fraction of sp³-hybridized carbons (Fsp3) is 0.227. The molecule has 0 aliphatic carbocycles. The second-order valence-electron chi connectivity index (χ2n) is 6.95. The van der Waals surface area contributed by atoms with E-state index in [1.165, 1.54) is 6.92 Å². The van der Waals surface area contributed by atoms with Crippen LogP contribution in [0.4, 0.5) is 17.6 Å². The summed E-state index contributed by atoms with van der Waals surface area (Å²) in [7, 11) is 0. The van der Waals surface area contributed by atoms with Gasteiger partial charge in [0.2, 0.25) is 17.8 Å². The van der Waals surface area contributed by atoms with Gasteiger partial charge in [0.25, 0.3) is 0 Å². The lowest BCUT2D eigenvalue weighted by molar-refractivity contribution is -0.146. The third-order valence-electron chi connectivity index (χ3n) is 4.32. The van der Waals surface area contributed by atoms with Crippen LogP contribution in [0, 0.1) is 6.92 Å². The first-order valence-corrected chi connectivity index (χ1v) is 9.71. The number of nitrogens with one attached hydrogen (secondary N) is 2. The summed E-state index contributed by atoms with van der Waals surface area (Å²) in [5.41, 5.74) is 8.49. The molecule has 0 aliphatic heterocycles. The van der Waals surface area contributed by atoms with Gasteiger partial charge in [0.15, 0.2) is 12.4 Å². The van der Waals surface area contributed by atoms with Crippen molar-refractivity contribution >= 4 is 29.5 Å². The van der Waals surface area contributed by atoms with Gasteiger partial charge in [-0.2, -0.15) is 15.0 Å². The number of aromatic nitrogens is 3. The highest BCUT2D eigenvalue weighted by atomic mass is 16.5. The van der Waals surface area contributed by atoms with Crippen molar-refractivity contribution in [1.82, 2.24) is 20.3 Å². The van der Waals surface area contributed by atoms with E-state index in [9.17, 15) is 9.59 Å². The molecule has 0 aliphatic rings. The van der Waals surface area contributed by atoms with E-state index in [1.54, 1.807) is 0 Å². The van der Waals surface area contributed by atoms with E-state index in [1.807, 2.05) is 61.5 Å². The summed E-state index contributed by atoms with van der Waals surface area (Å²) in [4.78, 5) is 36.2. The van der Waals surface area contributed by atoms with Crippen LogP contribution in [0.1, 0.15) is 36.3 Å². The first-order valence-electron chi connectivity index (χ1n) is 9.71. The fourth-order valence-corrected chi connectivity index (χ4v) is 2.88. The molecule has 160 valence electrons.